The molecule has 0 radical (unpaired) electrons. The summed E-state index contributed by atoms with van der Waals surface area (Å²) in [6, 6.07) is 3.73. The van der Waals surface area contributed by atoms with Gasteiger partial charge in [0.1, 0.15) is 0 Å². The van der Waals surface area contributed by atoms with Crippen molar-refractivity contribution in [3.05, 3.63) is 28.3 Å². The maximum absolute atomic E-state index is 11.9. The number of amides is 1. The van der Waals surface area contributed by atoms with Crippen molar-refractivity contribution in [2.45, 2.75) is 46.0 Å². The first-order chi connectivity index (χ1) is 10.5. The Labute approximate surface area is 136 Å². The lowest BCUT2D eigenvalue weighted by atomic mass is 10.0. The first kappa shape index (κ1) is 16.8. The van der Waals surface area contributed by atoms with Gasteiger partial charge in [0.25, 0.3) is 5.91 Å². The fourth-order valence-electron chi connectivity index (χ4n) is 2.90. The van der Waals surface area contributed by atoms with Gasteiger partial charge < -0.3 is 10.1 Å². The Morgan fingerprint density at radius 3 is 2.59 bits per heavy atom. The Hall–Kier alpha value is -1.55. The lowest BCUT2D eigenvalue weighted by molar-refractivity contribution is -0.148. The van der Waals surface area contributed by atoms with E-state index >= 15 is 0 Å². The van der Waals surface area contributed by atoms with Crippen LogP contribution in [-0.4, -0.2) is 18.5 Å². The average molecular weight is 324 g/mol. The largest absolute Gasteiger partial charge is 0.456 e. The molecule has 4 nitrogen and oxygen atoms in total. The van der Waals surface area contributed by atoms with Gasteiger partial charge in [-0.2, -0.15) is 0 Å². The predicted octanol–water partition coefficient (Wildman–Crippen LogP) is 4.02. The van der Waals surface area contributed by atoms with E-state index in [0.717, 1.165) is 24.0 Å². The summed E-state index contributed by atoms with van der Waals surface area (Å²) in [6.45, 7) is 3.55. The van der Waals surface area contributed by atoms with Crippen LogP contribution in [0.25, 0.3) is 0 Å². The summed E-state index contributed by atoms with van der Waals surface area (Å²) in [4.78, 5) is 23.6. The molecule has 0 bridgehead atoms. The number of esters is 1. The summed E-state index contributed by atoms with van der Waals surface area (Å²) in [5.74, 6) is -0.244. The van der Waals surface area contributed by atoms with Gasteiger partial charge in [0, 0.05) is 6.42 Å². The minimum Gasteiger partial charge on any atom is -0.456 e. The quantitative estimate of drug-likeness (QED) is 0.833. The van der Waals surface area contributed by atoms with Gasteiger partial charge in [-0.05, 0) is 49.8 Å². The van der Waals surface area contributed by atoms with Crippen LogP contribution in [0.3, 0.4) is 0 Å². The zero-order chi connectivity index (χ0) is 16.1. The molecule has 0 aromatic heterocycles. The second kappa shape index (κ2) is 7.63. The normalized spacial score (nSPS) is 14.9. The van der Waals surface area contributed by atoms with Crippen LogP contribution in [-0.2, 0) is 14.3 Å². The highest BCUT2D eigenvalue weighted by Crippen LogP contribution is 2.28. The van der Waals surface area contributed by atoms with Gasteiger partial charge in [-0.25, -0.2) is 0 Å². The van der Waals surface area contributed by atoms with Gasteiger partial charge in [-0.3, -0.25) is 9.59 Å². The number of carbonyl (C=O) groups is 2. The third-order valence-electron chi connectivity index (χ3n) is 3.99. The van der Waals surface area contributed by atoms with Crippen molar-refractivity contribution in [1.29, 1.82) is 0 Å². The van der Waals surface area contributed by atoms with Crippen LogP contribution in [0.15, 0.2) is 12.1 Å². The van der Waals surface area contributed by atoms with E-state index in [-0.39, 0.29) is 18.5 Å². The van der Waals surface area contributed by atoms with E-state index in [0.29, 0.717) is 23.0 Å². The molecule has 1 fully saturated rings. The lowest BCUT2D eigenvalue weighted by Crippen LogP contribution is -2.22. The number of rotatable bonds is 5. The van der Waals surface area contributed by atoms with Crippen molar-refractivity contribution in [1.82, 2.24) is 0 Å². The van der Waals surface area contributed by atoms with Crippen LogP contribution in [0, 0.1) is 19.8 Å². The Bertz CT molecular complexity index is 542. The Morgan fingerprint density at radius 1 is 1.27 bits per heavy atom. The number of hydrogen-bond acceptors (Lipinski definition) is 3. The zero-order valence-electron chi connectivity index (χ0n) is 13.1. The SMILES string of the molecule is Cc1cc(C)c(NC(=O)COC(=O)CC2CCCC2)c(Cl)c1. The molecule has 0 spiro atoms. The molecular weight excluding hydrogens is 302 g/mol. The van der Waals surface area contributed by atoms with Gasteiger partial charge in [0.15, 0.2) is 6.61 Å². The average Bonchev–Trinajstić information content (AvgIpc) is 2.93. The zero-order valence-corrected chi connectivity index (χ0v) is 13.8. The molecule has 1 aliphatic carbocycles. The third-order valence-corrected chi connectivity index (χ3v) is 4.29. The number of anilines is 1. The van der Waals surface area contributed by atoms with Crippen molar-refractivity contribution in [3.8, 4) is 0 Å². The van der Waals surface area contributed by atoms with Crippen molar-refractivity contribution < 1.29 is 14.3 Å². The maximum atomic E-state index is 11.9. The minimum atomic E-state index is -0.367. The van der Waals surface area contributed by atoms with Crippen molar-refractivity contribution in [3.63, 3.8) is 0 Å². The Morgan fingerprint density at radius 2 is 1.95 bits per heavy atom. The molecule has 120 valence electrons. The molecule has 5 heteroatoms. The van der Waals surface area contributed by atoms with Crippen LogP contribution in [0.4, 0.5) is 5.69 Å². The third kappa shape index (κ3) is 4.73. The lowest BCUT2D eigenvalue weighted by Gasteiger charge is -2.12. The van der Waals surface area contributed by atoms with Gasteiger partial charge in [0.2, 0.25) is 0 Å². The summed E-state index contributed by atoms with van der Waals surface area (Å²) in [7, 11) is 0. The van der Waals surface area contributed by atoms with Crippen LogP contribution in [0.2, 0.25) is 5.02 Å². The monoisotopic (exact) mass is 323 g/mol. The summed E-state index contributed by atoms with van der Waals surface area (Å²) >= 11 is 6.13. The van der Waals surface area contributed by atoms with Crippen molar-refractivity contribution in [2.24, 2.45) is 5.92 Å². The Kier molecular flexibility index (Phi) is 5.83. The van der Waals surface area contributed by atoms with Crippen LogP contribution in [0.1, 0.15) is 43.2 Å². The molecular formula is C17H22ClNO3. The number of nitrogens with one attached hydrogen (secondary N) is 1. The second-order valence-electron chi connectivity index (χ2n) is 6.00. The molecule has 0 saturated heterocycles. The molecule has 0 atom stereocenters. The van der Waals surface area contributed by atoms with Crippen molar-refractivity contribution in [2.75, 3.05) is 11.9 Å². The molecule has 1 aromatic rings. The van der Waals surface area contributed by atoms with Crippen LogP contribution in [0.5, 0.6) is 0 Å². The molecule has 1 amide bonds. The van der Waals surface area contributed by atoms with E-state index in [4.69, 9.17) is 16.3 Å². The summed E-state index contributed by atoms with van der Waals surface area (Å²) in [5.41, 5.74) is 2.49. The highest BCUT2D eigenvalue weighted by molar-refractivity contribution is 6.34. The highest BCUT2D eigenvalue weighted by Gasteiger charge is 2.20. The molecule has 1 saturated carbocycles. The second-order valence-corrected chi connectivity index (χ2v) is 6.41. The number of hydrogen-bond donors (Lipinski definition) is 1. The fraction of sp³-hybridized carbons (Fsp3) is 0.529. The van der Waals surface area contributed by atoms with Gasteiger partial charge in [0.05, 0.1) is 10.7 Å². The fourth-order valence-corrected chi connectivity index (χ4v) is 3.27. The first-order valence-electron chi connectivity index (χ1n) is 7.68. The molecule has 22 heavy (non-hydrogen) atoms. The van der Waals surface area contributed by atoms with Gasteiger partial charge in [-0.15, -0.1) is 0 Å². The van der Waals surface area contributed by atoms with E-state index < -0.39 is 0 Å². The van der Waals surface area contributed by atoms with E-state index in [9.17, 15) is 9.59 Å². The summed E-state index contributed by atoms with van der Waals surface area (Å²) < 4.78 is 5.05. The minimum absolute atomic E-state index is 0.269. The Balaban J connectivity index is 1.81. The highest BCUT2D eigenvalue weighted by atomic mass is 35.5. The first-order valence-corrected chi connectivity index (χ1v) is 8.05. The molecule has 2 rings (SSSR count). The maximum Gasteiger partial charge on any atom is 0.306 e. The predicted molar refractivity (Wildman–Crippen MR) is 87.1 cm³/mol. The molecule has 0 heterocycles. The molecule has 1 N–H and O–H groups in total. The summed E-state index contributed by atoms with van der Waals surface area (Å²) in [5, 5.41) is 3.20. The molecule has 0 unspecified atom stereocenters. The van der Waals surface area contributed by atoms with Gasteiger partial charge in [-0.1, -0.05) is 30.5 Å². The standard InChI is InChI=1S/C17H22ClNO3/c1-11-7-12(2)17(14(18)8-11)19-15(20)10-22-16(21)9-13-5-3-4-6-13/h7-8,13H,3-6,9-10H2,1-2H3,(H,19,20). The summed E-state index contributed by atoms with van der Waals surface area (Å²) in [6.07, 6.45) is 4.95. The molecule has 1 aliphatic rings. The topological polar surface area (TPSA) is 55.4 Å². The number of halogens is 1. The van der Waals surface area contributed by atoms with Crippen LogP contribution >= 0.6 is 11.6 Å². The number of benzene rings is 1. The van der Waals surface area contributed by atoms with Crippen molar-refractivity contribution >= 4 is 29.2 Å². The van der Waals surface area contributed by atoms with Gasteiger partial charge >= 0.3 is 5.97 Å². The smallest absolute Gasteiger partial charge is 0.306 e. The molecule has 0 aliphatic heterocycles. The van der Waals surface area contributed by atoms with Crippen LogP contribution < -0.4 is 5.32 Å². The number of ether oxygens (including phenoxy) is 1. The number of carbonyl (C=O) groups excluding carboxylic acids is 2. The van der Waals surface area contributed by atoms with E-state index in [2.05, 4.69) is 5.32 Å². The number of aryl methyl sites for hydroxylation is 2. The van der Waals surface area contributed by atoms with E-state index in [1.807, 2.05) is 19.9 Å². The van der Waals surface area contributed by atoms with E-state index in [1.165, 1.54) is 12.8 Å². The molecule has 1 aromatic carbocycles. The van der Waals surface area contributed by atoms with E-state index in [1.54, 1.807) is 6.07 Å².